The fraction of sp³-hybridized carbons (Fsp3) is 0.467. The molecule has 0 bridgehead atoms. The van der Waals surface area contributed by atoms with Crippen LogP contribution in [0.1, 0.15) is 12.0 Å². The van der Waals surface area contributed by atoms with E-state index in [0.717, 1.165) is 5.56 Å². The summed E-state index contributed by atoms with van der Waals surface area (Å²) in [4.78, 5) is 8.01. The van der Waals surface area contributed by atoms with Gasteiger partial charge in [-0.2, -0.15) is 4.31 Å². The molecule has 2 atom stereocenters. The number of hydrogen-bond donors (Lipinski definition) is 0. The molecule has 7 nitrogen and oxygen atoms in total. The van der Waals surface area contributed by atoms with E-state index in [0.29, 0.717) is 19.4 Å². The molecule has 1 aliphatic heterocycles. The van der Waals surface area contributed by atoms with Gasteiger partial charge in [-0.3, -0.25) is 4.98 Å². The van der Waals surface area contributed by atoms with Crippen LogP contribution in [0.25, 0.3) is 0 Å². The molecule has 23 heavy (non-hydrogen) atoms. The van der Waals surface area contributed by atoms with Gasteiger partial charge >= 0.3 is 0 Å². The monoisotopic (exact) mass is 336 g/mol. The van der Waals surface area contributed by atoms with E-state index in [2.05, 4.69) is 9.97 Å². The lowest BCUT2D eigenvalue weighted by molar-refractivity contribution is 0.0809. The van der Waals surface area contributed by atoms with Gasteiger partial charge in [-0.15, -0.1) is 0 Å². The van der Waals surface area contributed by atoms with Gasteiger partial charge in [0, 0.05) is 39.3 Å². The number of pyridine rings is 1. The maximum absolute atomic E-state index is 12.9. The van der Waals surface area contributed by atoms with Gasteiger partial charge < -0.3 is 9.30 Å². The predicted octanol–water partition coefficient (Wildman–Crippen LogP) is 0.836. The molecular formula is C15H20N4O3S. The summed E-state index contributed by atoms with van der Waals surface area (Å²) in [5.74, 6) is 0. The van der Waals surface area contributed by atoms with E-state index >= 15 is 0 Å². The van der Waals surface area contributed by atoms with Gasteiger partial charge in [-0.1, -0.05) is 0 Å². The lowest BCUT2D eigenvalue weighted by atomic mass is 10.0. The molecule has 0 amide bonds. The van der Waals surface area contributed by atoms with E-state index in [1.54, 1.807) is 31.1 Å². The Balaban J connectivity index is 1.90. The average Bonchev–Trinajstić information content (AvgIpc) is 3.15. The Morgan fingerprint density at radius 3 is 2.70 bits per heavy atom. The maximum atomic E-state index is 12.9. The standard InChI is InChI=1S/C15H20N4O3S/c1-18-10-15(17-11-18)23(20,21)19-8-5-14(22-2)13(19)9-12-3-6-16-7-4-12/h3-4,6-7,10-11,13-14H,5,8-9H2,1-2H3/t13-,14+/m0/s1. The zero-order valence-electron chi connectivity index (χ0n) is 13.2. The third-order valence-corrected chi connectivity index (χ3v) is 5.99. The van der Waals surface area contributed by atoms with E-state index in [1.807, 2.05) is 12.1 Å². The molecule has 0 radical (unpaired) electrons. The Kier molecular flexibility index (Phi) is 4.47. The first-order chi connectivity index (χ1) is 11.0. The second-order valence-corrected chi connectivity index (χ2v) is 7.52. The minimum atomic E-state index is -3.62. The van der Waals surface area contributed by atoms with Crippen LogP contribution in [0.3, 0.4) is 0 Å². The van der Waals surface area contributed by atoms with Crippen molar-refractivity contribution in [3.8, 4) is 0 Å². The molecule has 124 valence electrons. The molecule has 2 aromatic heterocycles. The van der Waals surface area contributed by atoms with Crippen molar-refractivity contribution in [1.82, 2.24) is 18.8 Å². The topological polar surface area (TPSA) is 77.3 Å². The van der Waals surface area contributed by atoms with Crippen LogP contribution in [0, 0.1) is 0 Å². The summed E-state index contributed by atoms with van der Waals surface area (Å²) in [5.41, 5.74) is 1.04. The lowest BCUT2D eigenvalue weighted by Gasteiger charge is -2.26. The van der Waals surface area contributed by atoms with Crippen molar-refractivity contribution in [3.63, 3.8) is 0 Å². The summed E-state index contributed by atoms with van der Waals surface area (Å²) in [6.45, 7) is 0.438. The third-order valence-electron chi connectivity index (χ3n) is 4.18. The van der Waals surface area contributed by atoms with E-state index in [4.69, 9.17) is 4.74 Å². The fourth-order valence-electron chi connectivity index (χ4n) is 3.01. The smallest absolute Gasteiger partial charge is 0.262 e. The number of aryl methyl sites for hydroxylation is 1. The Morgan fingerprint density at radius 1 is 1.35 bits per heavy atom. The van der Waals surface area contributed by atoms with Crippen molar-refractivity contribution >= 4 is 10.0 Å². The molecule has 3 rings (SSSR count). The number of methoxy groups -OCH3 is 1. The molecule has 0 aromatic carbocycles. The highest BCUT2D eigenvalue weighted by Crippen LogP contribution is 2.29. The van der Waals surface area contributed by atoms with Crippen LogP contribution < -0.4 is 0 Å². The summed E-state index contributed by atoms with van der Waals surface area (Å²) in [7, 11) is -0.246. The van der Waals surface area contributed by atoms with Crippen LogP contribution in [0.2, 0.25) is 0 Å². The number of imidazole rings is 1. The maximum Gasteiger partial charge on any atom is 0.262 e. The van der Waals surface area contributed by atoms with E-state index < -0.39 is 10.0 Å². The van der Waals surface area contributed by atoms with Crippen molar-refractivity contribution in [1.29, 1.82) is 0 Å². The van der Waals surface area contributed by atoms with Gasteiger partial charge in [0.1, 0.15) is 0 Å². The van der Waals surface area contributed by atoms with Crippen molar-refractivity contribution < 1.29 is 13.2 Å². The quantitative estimate of drug-likeness (QED) is 0.808. The minimum Gasteiger partial charge on any atom is -0.380 e. The third kappa shape index (κ3) is 3.15. The highest BCUT2D eigenvalue weighted by molar-refractivity contribution is 7.89. The van der Waals surface area contributed by atoms with Crippen LogP contribution in [0.15, 0.2) is 42.1 Å². The van der Waals surface area contributed by atoms with Crippen LogP contribution in [0.5, 0.6) is 0 Å². The van der Waals surface area contributed by atoms with Gasteiger partial charge in [-0.05, 0) is 30.5 Å². The molecule has 1 aliphatic rings. The second-order valence-electron chi connectivity index (χ2n) is 5.68. The summed E-state index contributed by atoms with van der Waals surface area (Å²) < 4.78 is 34.5. The van der Waals surface area contributed by atoms with Gasteiger partial charge in [0.2, 0.25) is 0 Å². The number of ether oxygens (including phenoxy) is 1. The normalized spacial score (nSPS) is 22.5. The van der Waals surface area contributed by atoms with Crippen molar-refractivity contribution in [3.05, 3.63) is 42.6 Å². The number of hydrogen-bond acceptors (Lipinski definition) is 5. The van der Waals surface area contributed by atoms with Crippen molar-refractivity contribution in [2.75, 3.05) is 13.7 Å². The number of sulfonamides is 1. The van der Waals surface area contributed by atoms with Gasteiger partial charge in [-0.25, -0.2) is 13.4 Å². The Morgan fingerprint density at radius 2 is 2.09 bits per heavy atom. The van der Waals surface area contributed by atoms with Crippen LogP contribution in [-0.4, -0.2) is 53.1 Å². The molecular weight excluding hydrogens is 316 g/mol. The molecule has 1 fully saturated rings. The Labute approximate surface area is 136 Å². The molecule has 0 unspecified atom stereocenters. The average molecular weight is 336 g/mol. The van der Waals surface area contributed by atoms with Crippen LogP contribution in [0.4, 0.5) is 0 Å². The van der Waals surface area contributed by atoms with Gasteiger partial charge in [0.15, 0.2) is 5.03 Å². The minimum absolute atomic E-state index is 0.0801. The molecule has 8 heteroatoms. The molecule has 0 aliphatic carbocycles. The van der Waals surface area contributed by atoms with Crippen molar-refractivity contribution in [2.24, 2.45) is 7.05 Å². The van der Waals surface area contributed by atoms with Crippen LogP contribution in [-0.2, 0) is 28.2 Å². The predicted molar refractivity (Wildman–Crippen MR) is 84.2 cm³/mol. The SMILES string of the molecule is CO[C@@H]1CCN(S(=O)(=O)c2cn(C)cn2)[C@H]1Cc1ccncc1. The highest BCUT2D eigenvalue weighted by atomic mass is 32.2. The molecule has 0 N–H and O–H groups in total. The molecule has 2 aromatic rings. The second kappa shape index (κ2) is 6.38. The summed E-state index contributed by atoms with van der Waals surface area (Å²) in [6, 6.07) is 3.56. The molecule has 3 heterocycles. The zero-order chi connectivity index (χ0) is 16.4. The number of aromatic nitrogens is 3. The lowest BCUT2D eigenvalue weighted by Crippen LogP contribution is -2.41. The van der Waals surface area contributed by atoms with E-state index in [9.17, 15) is 8.42 Å². The van der Waals surface area contributed by atoms with E-state index in [1.165, 1.54) is 16.8 Å². The summed E-state index contributed by atoms with van der Waals surface area (Å²) >= 11 is 0. The van der Waals surface area contributed by atoms with Crippen LogP contribution >= 0.6 is 0 Å². The number of rotatable bonds is 5. The Hall–Kier alpha value is -1.77. The number of nitrogens with zero attached hydrogens (tertiary/aromatic N) is 4. The van der Waals surface area contributed by atoms with Gasteiger partial charge in [0.05, 0.1) is 18.5 Å². The molecule has 0 saturated carbocycles. The Bertz CT molecular complexity index is 760. The largest absolute Gasteiger partial charge is 0.380 e. The summed E-state index contributed by atoms with van der Waals surface area (Å²) in [5, 5.41) is 0.0801. The highest BCUT2D eigenvalue weighted by Gasteiger charge is 2.42. The van der Waals surface area contributed by atoms with Gasteiger partial charge in [0.25, 0.3) is 10.0 Å². The first-order valence-corrected chi connectivity index (χ1v) is 8.88. The zero-order valence-corrected chi connectivity index (χ0v) is 14.0. The first kappa shape index (κ1) is 16.1. The van der Waals surface area contributed by atoms with E-state index in [-0.39, 0.29) is 17.2 Å². The first-order valence-electron chi connectivity index (χ1n) is 7.44. The van der Waals surface area contributed by atoms with Crippen molar-refractivity contribution in [2.45, 2.75) is 30.0 Å². The summed E-state index contributed by atoms with van der Waals surface area (Å²) in [6.07, 6.45) is 7.59. The fourth-order valence-corrected chi connectivity index (χ4v) is 4.64. The molecule has 1 saturated heterocycles. The molecule has 0 spiro atoms.